The van der Waals surface area contributed by atoms with E-state index in [1.54, 1.807) is 6.92 Å². The van der Waals surface area contributed by atoms with Gasteiger partial charge < -0.3 is 20.8 Å². The van der Waals surface area contributed by atoms with E-state index in [2.05, 4.69) is 10.6 Å². The van der Waals surface area contributed by atoms with E-state index in [4.69, 9.17) is 5.11 Å². The molecule has 2 atom stereocenters. The van der Waals surface area contributed by atoms with E-state index in [0.717, 1.165) is 0 Å². The lowest BCUT2D eigenvalue weighted by molar-refractivity contribution is 0.128. The summed E-state index contributed by atoms with van der Waals surface area (Å²) in [5.41, 5.74) is -0.155. The standard InChI is InChI=1S/C13H28N2O3/c1-9(2)11(7-16)15-12(18)14-8-13(4,5)6-10(3)17/h9-11,16-17H,6-8H2,1-5H3,(H2,14,15,18)/t10?,11-/m1/s1. The molecule has 108 valence electrons. The number of hydrogen-bond donors (Lipinski definition) is 4. The summed E-state index contributed by atoms with van der Waals surface area (Å²) in [5, 5.41) is 24.0. The predicted octanol–water partition coefficient (Wildman–Crippen LogP) is 1.10. The monoisotopic (exact) mass is 260 g/mol. The van der Waals surface area contributed by atoms with Crippen LogP contribution in [-0.2, 0) is 0 Å². The molecule has 0 aromatic rings. The van der Waals surface area contributed by atoms with Crippen LogP contribution in [0.1, 0.15) is 41.0 Å². The summed E-state index contributed by atoms with van der Waals surface area (Å²) >= 11 is 0. The Morgan fingerprint density at radius 3 is 2.22 bits per heavy atom. The summed E-state index contributed by atoms with van der Waals surface area (Å²) in [6.45, 7) is 10.0. The molecule has 0 heterocycles. The van der Waals surface area contributed by atoms with Gasteiger partial charge in [0.05, 0.1) is 18.8 Å². The number of carbonyl (C=O) groups excluding carboxylic acids is 1. The molecule has 2 amide bonds. The van der Waals surface area contributed by atoms with Crippen molar-refractivity contribution < 1.29 is 15.0 Å². The maximum absolute atomic E-state index is 11.7. The first-order chi connectivity index (χ1) is 8.18. The summed E-state index contributed by atoms with van der Waals surface area (Å²) in [6.07, 6.45) is 0.242. The maximum atomic E-state index is 11.7. The summed E-state index contributed by atoms with van der Waals surface area (Å²) in [5.74, 6) is 0.186. The SMILES string of the molecule is CC(O)CC(C)(C)CNC(=O)N[C@H](CO)C(C)C. The maximum Gasteiger partial charge on any atom is 0.315 e. The van der Waals surface area contributed by atoms with Gasteiger partial charge in [-0.1, -0.05) is 27.7 Å². The van der Waals surface area contributed by atoms with Crippen molar-refractivity contribution in [2.45, 2.75) is 53.2 Å². The molecule has 5 nitrogen and oxygen atoms in total. The normalized spacial score (nSPS) is 15.3. The van der Waals surface area contributed by atoms with Crippen LogP contribution < -0.4 is 10.6 Å². The fourth-order valence-corrected chi connectivity index (χ4v) is 1.83. The zero-order chi connectivity index (χ0) is 14.3. The minimum atomic E-state index is -0.384. The van der Waals surface area contributed by atoms with Crippen molar-refractivity contribution in [1.29, 1.82) is 0 Å². The highest BCUT2D eigenvalue weighted by molar-refractivity contribution is 5.74. The highest BCUT2D eigenvalue weighted by atomic mass is 16.3. The molecule has 18 heavy (non-hydrogen) atoms. The zero-order valence-corrected chi connectivity index (χ0v) is 12.2. The summed E-state index contributed by atoms with van der Waals surface area (Å²) in [7, 11) is 0. The third-order valence-corrected chi connectivity index (χ3v) is 2.89. The molecule has 0 fully saturated rings. The Bertz CT molecular complexity index is 253. The van der Waals surface area contributed by atoms with Crippen LogP contribution in [0.2, 0.25) is 0 Å². The van der Waals surface area contributed by atoms with Gasteiger partial charge >= 0.3 is 6.03 Å². The molecule has 0 radical (unpaired) electrons. The van der Waals surface area contributed by atoms with Crippen molar-refractivity contribution in [3.05, 3.63) is 0 Å². The molecule has 0 saturated heterocycles. The Hall–Kier alpha value is -0.810. The molecule has 0 bridgehead atoms. The minimum absolute atomic E-state index is 0.0673. The first-order valence-corrected chi connectivity index (χ1v) is 6.51. The van der Waals surface area contributed by atoms with Crippen molar-refractivity contribution in [2.75, 3.05) is 13.2 Å². The lowest BCUT2D eigenvalue weighted by Crippen LogP contribution is -2.48. The second-order valence-electron chi connectivity index (χ2n) is 6.08. The number of hydrogen-bond acceptors (Lipinski definition) is 3. The van der Waals surface area contributed by atoms with Crippen LogP contribution in [-0.4, -0.2) is 41.5 Å². The second-order valence-corrected chi connectivity index (χ2v) is 6.08. The first-order valence-electron chi connectivity index (χ1n) is 6.51. The summed E-state index contributed by atoms with van der Waals surface area (Å²) in [4.78, 5) is 11.7. The lowest BCUT2D eigenvalue weighted by atomic mass is 9.87. The van der Waals surface area contributed by atoms with Crippen LogP contribution >= 0.6 is 0 Å². The third kappa shape index (κ3) is 7.50. The van der Waals surface area contributed by atoms with Crippen LogP contribution in [0.4, 0.5) is 4.79 Å². The van der Waals surface area contributed by atoms with Gasteiger partial charge in [0.1, 0.15) is 0 Å². The van der Waals surface area contributed by atoms with Crippen molar-refractivity contribution in [2.24, 2.45) is 11.3 Å². The molecule has 0 spiro atoms. The summed E-state index contributed by atoms with van der Waals surface area (Å²) in [6, 6.07) is -0.508. The van der Waals surface area contributed by atoms with Crippen molar-refractivity contribution >= 4 is 6.03 Å². The quantitative estimate of drug-likeness (QED) is 0.553. The van der Waals surface area contributed by atoms with E-state index in [-0.39, 0.29) is 36.1 Å². The molecule has 0 saturated carbocycles. The molecule has 4 N–H and O–H groups in total. The predicted molar refractivity (Wildman–Crippen MR) is 72.3 cm³/mol. The highest BCUT2D eigenvalue weighted by Crippen LogP contribution is 2.20. The Labute approximate surface area is 110 Å². The molecule has 0 aliphatic carbocycles. The smallest absolute Gasteiger partial charge is 0.315 e. The van der Waals surface area contributed by atoms with Crippen molar-refractivity contribution in [1.82, 2.24) is 10.6 Å². The average Bonchev–Trinajstić information content (AvgIpc) is 2.21. The van der Waals surface area contributed by atoms with E-state index in [1.807, 2.05) is 27.7 Å². The van der Waals surface area contributed by atoms with E-state index in [9.17, 15) is 9.90 Å². The molecule has 0 rings (SSSR count). The van der Waals surface area contributed by atoms with Gasteiger partial charge in [0.15, 0.2) is 0 Å². The van der Waals surface area contributed by atoms with Gasteiger partial charge in [-0.05, 0) is 24.7 Å². The molecule has 0 aliphatic heterocycles. The van der Waals surface area contributed by atoms with E-state index in [1.165, 1.54) is 0 Å². The minimum Gasteiger partial charge on any atom is -0.394 e. The van der Waals surface area contributed by atoms with E-state index >= 15 is 0 Å². The van der Waals surface area contributed by atoms with E-state index < -0.39 is 0 Å². The Kier molecular flexibility index (Phi) is 7.25. The van der Waals surface area contributed by atoms with Gasteiger partial charge in [-0.2, -0.15) is 0 Å². The lowest BCUT2D eigenvalue weighted by Gasteiger charge is -2.27. The van der Waals surface area contributed by atoms with Gasteiger partial charge in [0.2, 0.25) is 0 Å². The zero-order valence-electron chi connectivity index (χ0n) is 12.2. The van der Waals surface area contributed by atoms with Crippen LogP contribution in [0, 0.1) is 11.3 Å². The van der Waals surface area contributed by atoms with Gasteiger partial charge in [-0.15, -0.1) is 0 Å². The number of amides is 2. The number of aliphatic hydroxyl groups is 2. The molecule has 0 aromatic heterocycles. The Morgan fingerprint density at radius 1 is 1.28 bits per heavy atom. The number of aliphatic hydroxyl groups excluding tert-OH is 2. The molecule has 5 heteroatoms. The van der Waals surface area contributed by atoms with E-state index in [0.29, 0.717) is 13.0 Å². The van der Waals surface area contributed by atoms with Gasteiger partial charge in [0.25, 0.3) is 0 Å². The van der Waals surface area contributed by atoms with Crippen LogP contribution in [0.25, 0.3) is 0 Å². The van der Waals surface area contributed by atoms with Gasteiger partial charge in [-0.3, -0.25) is 0 Å². The number of nitrogens with one attached hydrogen (secondary N) is 2. The molecular formula is C13H28N2O3. The fourth-order valence-electron chi connectivity index (χ4n) is 1.83. The average molecular weight is 260 g/mol. The summed E-state index contributed by atoms with van der Waals surface area (Å²) < 4.78 is 0. The first kappa shape index (κ1) is 17.2. The molecule has 1 unspecified atom stereocenters. The third-order valence-electron chi connectivity index (χ3n) is 2.89. The number of carbonyl (C=O) groups is 1. The van der Waals surface area contributed by atoms with Gasteiger partial charge in [0, 0.05) is 6.54 Å². The fraction of sp³-hybridized carbons (Fsp3) is 0.923. The van der Waals surface area contributed by atoms with Crippen LogP contribution in [0.3, 0.4) is 0 Å². The Balaban J connectivity index is 4.10. The highest BCUT2D eigenvalue weighted by Gasteiger charge is 2.22. The number of urea groups is 1. The Morgan fingerprint density at radius 2 is 1.83 bits per heavy atom. The largest absolute Gasteiger partial charge is 0.394 e. The second kappa shape index (κ2) is 7.59. The van der Waals surface area contributed by atoms with Crippen molar-refractivity contribution in [3.8, 4) is 0 Å². The molecular weight excluding hydrogens is 232 g/mol. The molecule has 0 aliphatic rings. The topological polar surface area (TPSA) is 81.6 Å². The molecule has 0 aromatic carbocycles. The van der Waals surface area contributed by atoms with Crippen LogP contribution in [0.15, 0.2) is 0 Å². The number of rotatable bonds is 7. The van der Waals surface area contributed by atoms with Crippen molar-refractivity contribution in [3.63, 3.8) is 0 Å². The van der Waals surface area contributed by atoms with Gasteiger partial charge in [-0.25, -0.2) is 4.79 Å². The van der Waals surface area contributed by atoms with Crippen LogP contribution in [0.5, 0.6) is 0 Å².